The van der Waals surface area contributed by atoms with Crippen LogP contribution in [-0.2, 0) is 4.79 Å². The molecule has 0 saturated heterocycles. The maximum Gasteiger partial charge on any atom is 0.253 e. The Hall–Kier alpha value is -3.19. The fourth-order valence-corrected chi connectivity index (χ4v) is 3.21. The first-order valence-electron chi connectivity index (χ1n) is 10.6. The first-order valence-corrected chi connectivity index (χ1v) is 10.6. The molecule has 1 amide bonds. The Kier molecular flexibility index (Phi) is 9.71. The number of carbonyl (C=O) groups excluding carboxylic acids is 1. The summed E-state index contributed by atoms with van der Waals surface area (Å²) in [5, 5.41) is 4.94. The third kappa shape index (κ3) is 7.22. The molecule has 1 aliphatic heterocycles. The highest BCUT2D eigenvalue weighted by Crippen LogP contribution is 2.21. The number of amidine groups is 1. The predicted octanol–water partition coefficient (Wildman–Crippen LogP) is 3.70. The number of hydrazine groups is 1. The molecule has 0 aromatic carbocycles. The van der Waals surface area contributed by atoms with Gasteiger partial charge in [-0.2, -0.15) is 5.43 Å². The quantitative estimate of drug-likeness (QED) is 0.305. The lowest BCUT2D eigenvalue weighted by Crippen LogP contribution is -2.41. The van der Waals surface area contributed by atoms with Gasteiger partial charge in [-0.05, 0) is 44.4 Å². The molecule has 0 fully saturated rings. The summed E-state index contributed by atoms with van der Waals surface area (Å²) in [6.45, 7) is 10.3. The van der Waals surface area contributed by atoms with Crippen LogP contribution in [0, 0.1) is 0 Å². The standard InChI is InChI=1S/C24H34N6O/c1-6-7-8-9-10-11-14-17-29(5)24(31)19(2)18-22(25-4)30-20(3)27-23(28-30)21-15-12-13-16-26-21/h6-8,12-13,15-16,18,23,25,28H,1-2,9-11,14,17H2,3-5H3/b8-7-,22-18-. The molecule has 1 unspecified atom stereocenters. The van der Waals surface area contributed by atoms with Crippen LogP contribution < -0.4 is 10.7 Å². The van der Waals surface area contributed by atoms with E-state index >= 15 is 0 Å². The van der Waals surface area contributed by atoms with Crippen LogP contribution in [0.25, 0.3) is 0 Å². The van der Waals surface area contributed by atoms with Gasteiger partial charge in [0.25, 0.3) is 5.91 Å². The van der Waals surface area contributed by atoms with Crippen molar-refractivity contribution >= 4 is 11.7 Å². The number of nitrogens with one attached hydrogen (secondary N) is 2. The molecule has 7 heteroatoms. The molecule has 1 aromatic heterocycles. The van der Waals surface area contributed by atoms with E-state index < -0.39 is 0 Å². The van der Waals surface area contributed by atoms with Crippen LogP contribution in [0.1, 0.15) is 44.5 Å². The zero-order valence-corrected chi connectivity index (χ0v) is 18.8. The Morgan fingerprint density at radius 2 is 2.16 bits per heavy atom. The van der Waals surface area contributed by atoms with Crippen LogP contribution in [0.3, 0.4) is 0 Å². The summed E-state index contributed by atoms with van der Waals surface area (Å²) in [5.74, 6) is 1.38. The van der Waals surface area contributed by atoms with E-state index in [2.05, 4.69) is 40.0 Å². The Morgan fingerprint density at radius 3 is 2.84 bits per heavy atom. The monoisotopic (exact) mass is 422 g/mol. The Morgan fingerprint density at radius 1 is 1.35 bits per heavy atom. The average Bonchev–Trinajstić information content (AvgIpc) is 3.18. The Bertz CT molecular complexity index is 843. The highest BCUT2D eigenvalue weighted by molar-refractivity contribution is 5.95. The van der Waals surface area contributed by atoms with Gasteiger partial charge in [-0.25, -0.2) is 10.0 Å². The number of pyridine rings is 1. The zero-order chi connectivity index (χ0) is 22.6. The van der Waals surface area contributed by atoms with Crippen LogP contribution >= 0.6 is 0 Å². The van der Waals surface area contributed by atoms with Crippen LogP contribution in [0.15, 0.2) is 78.2 Å². The second-order valence-electron chi connectivity index (χ2n) is 7.34. The number of rotatable bonds is 12. The maximum atomic E-state index is 12.7. The predicted molar refractivity (Wildman–Crippen MR) is 127 cm³/mol. The van der Waals surface area contributed by atoms with Gasteiger partial charge >= 0.3 is 0 Å². The van der Waals surface area contributed by atoms with Crippen LogP contribution in [0.5, 0.6) is 0 Å². The first kappa shape index (κ1) is 24.1. The number of hydrogen-bond acceptors (Lipinski definition) is 6. The minimum Gasteiger partial charge on any atom is -0.373 e. The molecule has 0 saturated carbocycles. The number of unbranched alkanes of at least 4 members (excludes halogenated alkanes) is 3. The average molecular weight is 423 g/mol. The summed E-state index contributed by atoms with van der Waals surface area (Å²) < 4.78 is 0. The van der Waals surface area contributed by atoms with Crippen molar-refractivity contribution in [2.75, 3.05) is 20.6 Å². The third-order valence-corrected chi connectivity index (χ3v) is 4.92. The molecule has 7 nitrogen and oxygen atoms in total. The lowest BCUT2D eigenvalue weighted by atomic mass is 10.1. The summed E-state index contributed by atoms with van der Waals surface area (Å²) in [6.07, 6.45) is 13.3. The smallest absolute Gasteiger partial charge is 0.253 e. The summed E-state index contributed by atoms with van der Waals surface area (Å²) in [6, 6.07) is 5.73. The van der Waals surface area contributed by atoms with E-state index in [4.69, 9.17) is 0 Å². The van der Waals surface area contributed by atoms with Crippen molar-refractivity contribution < 1.29 is 4.79 Å². The second kappa shape index (κ2) is 12.5. The van der Waals surface area contributed by atoms with Crippen molar-refractivity contribution in [3.63, 3.8) is 0 Å². The van der Waals surface area contributed by atoms with E-state index in [1.54, 1.807) is 30.3 Å². The van der Waals surface area contributed by atoms with Crippen molar-refractivity contribution in [2.45, 2.75) is 38.8 Å². The Balaban J connectivity index is 1.90. The van der Waals surface area contributed by atoms with Crippen LogP contribution in [-0.4, -0.2) is 47.3 Å². The maximum absolute atomic E-state index is 12.7. The number of aliphatic imine (C=N–C) groups is 1. The van der Waals surface area contributed by atoms with Gasteiger partial charge in [0.05, 0.1) is 5.69 Å². The number of nitrogens with zero attached hydrogens (tertiary/aromatic N) is 4. The fourth-order valence-electron chi connectivity index (χ4n) is 3.21. The zero-order valence-electron chi connectivity index (χ0n) is 18.8. The summed E-state index contributed by atoms with van der Waals surface area (Å²) in [7, 11) is 3.62. The van der Waals surface area contributed by atoms with Gasteiger partial charge in [0, 0.05) is 32.4 Å². The number of hydrogen-bond donors (Lipinski definition) is 2. The van der Waals surface area contributed by atoms with E-state index in [0.717, 1.165) is 37.2 Å². The van der Waals surface area contributed by atoms with Gasteiger partial charge in [0.15, 0.2) is 6.17 Å². The number of carbonyl (C=O) groups is 1. The molecule has 1 aliphatic rings. The molecule has 2 rings (SSSR count). The molecule has 1 aromatic rings. The normalized spacial score (nSPS) is 16.4. The van der Waals surface area contributed by atoms with Gasteiger partial charge in [-0.3, -0.25) is 9.78 Å². The molecule has 0 spiro atoms. The lowest BCUT2D eigenvalue weighted by Gasteiger charge is -2.24. The largest absolute Gasteiger partial charge is 0.373 e. The summed E-state index contributed by atoms with van der Waals surface area (Å²) in [4.78, 5) is 23.4. The molecule has 0 bridgehead atoms. The molecule has 0 radical (unpaired) electrons. The Labute approximate surface area is 185 Å². The SMILES string of the molecule is C=C/C=C\CCCCCN(C)C(=O)C(=C)/C=C(/NC)N1NC(c2ccccn2)N=C1C. The molecule has 2 N–H and O–H groups in total. The second-order valence-corrected chi connectivity index (χ2v) is 7.34. The van der Waals surface area contributed by atoms with Gasteiger partial charge in [0.2, 0.25) is 0 Å². The highest BCUT2D eigenvalue weighted by atomic mass is 16.2. The number of aromatic nitrogens is 1. The van der Waals surface area contributed by atoms with E-state index in [9.17, 15) is 4.79 Å². The van der Waals surface area contributed by atoms with E-state index in [1.165, 1.54) is 0 Å². The van der Waals surface area contributed by atoms with Crippen molar-refractivity contribution in [1.29, 1.82) is 0 Å². The number of likely N-dealkylation sites (N-methyl/N-ethyl adjacent to an activating group) is 1. The lowest BCUT2D eigenvalue weighted by molar-refractivity contribution is -0.125. The van der Waals surface area contributed by atoms with E-state index in [0.29, 0.717) is 17.9 Å². The highest BCUT2D eigenvalue weighted by Gasteiger charge is 2.26. The molecule has 0 aliphatic carbocycles. The summed E-state index contributed by atoms with van der Waals surface area (Å²) >= 11 is 0. The van der Waals surface area contributed by atoms with E-state index in [-0.39, 0.29) is 12.1 Å². The van der Waals surface area contributed by atoms with Gasteiger partial charge < -0.3 is 10.2 Å². The van der Waals surface area contributed by atoms with Gasteiger partial charge in [0.1, 0.15) is 11.7 Å². The molecular formula is C24H34N6O. The topological polar surface area (TPSA) is 72.9 Å². The van der Waals surface area contributed by atoms with Crippen LogP contribution in [0.2, 0.25) is 0 Å². The summed E-state index contributed by atoms with van der Waals surface area (Å²) in [5.41, 5.74) is 4.54. The van der Waals surface area contributed by atoms with Crippen molar-refractivity contribution in [1.82, 2.24) is 25.6 Å². The molecule has 166 valence electrons. The first-order chi connectivity index (χ1) is 15.0. The molecular weight excluding hydrogens is 388 g/mol. The van der Waals surface area contributed by atoms with E-state index in [1.807, 2.05) is 43.3 Å². The van der Waals surface area contributed by atoms with Crippen molar-refractivity contribution in [2.24, 2.45) is 4.99 Å². The van der Waals surface area contributed by atoms with Crippen molar-refractivity contribution in [3.05, 3.63) is 78.9 Å². The number of amides is 1. The minimum absolute atomic E-state index is 0.0885. The van der Waals surface area contributed by atoms with Crippen LogP contribution in [0.4, 0.5) is 0 Å². The fraction of sp³-hybridized carbons (Fsp3) is 0.375. The molecule has 2 heterocycles. The van der Waals surface area contributed by atoms with Gasteiger partial charge in [-0.1, -0.05) is 43.9 Å². The molecule has 1 atom stereocenters. The third-order valence-electron chi connectivity index (χ3n) is 4.92. The van der Waals surface area contributed by atoms with Gasteiger partial charge in [-0.15, -0.1) is 0 Å². The minimum atomic E-state index is -0.272. The van der Waals surface area contributed by atoms with Crippen molar-refractivity contribution in [3.8, 4) is 0 Å². The molecule has 31 heavy (non-hydrogen) atoms. The number of allylic oxidation sites excluding steroid dienone is 3.